The molecule has 0 unspecified atom stereocenters. The van der Waals surface area contributed by atoms with Crippen molar-refractivity contribution >= 4 is 36.3 Å². The first kappa shape index (κ1) is 38.2. The molecule has 3 amide bonds. The van der Waals surface area contributed by atoms with Crippen LogP contribution in [0.1, 0.15) is 91.3 Å². The number of carbonyl (C=O) groups is 5. The molecule has 1 aromatic carbocycles. The summed E-state index contributed by atoms with van der Waals surface area (Å²) in [5.74, 6) is -1.72. The summed E-state index contributed by atoms with van der Waals surface area (Å²) in [5.41, 5.74) is 1.19. The van der Waals surface area contributed by atoms with Crippen LogP contribution in [0, 0.1) is 10.8 Å². The average Bonchev–Trinajstić information content (AvgIpc) is 3.60. The molecule has 1 aromatic rings. The second-order valence-corrected chi connectivity index (χ2v) is 15.2. The van der Waals surface area contributed by atoms with Gasteiger partial charge in [0, 0.05) is 13.0 Å². The molecule has 1 fully saturated rings. The molecule has 3 atom stereocenters. The summed E-state index contributed by atoms with van der Waals surface area (Å²) in [6, 6.07) is 3.89. The van der Waals surface area contributed by atoms with E-state index in [0.29, 0.717) is 25.9 Å². The predicted molar refractivity (Wildman–Crippen MR) is 177 cm³/mol. The number of likely N-dealkylation sites (tertiary alicyclic amines) is 1. The van der Waals surface area contributed by atoms with E-state index in [1.54, 1.807) is 46.4 Å². The van der Waals surface area contributed by atoms with E-state index in [9.17, 15) is 29.1 Å². The van der Waals surface area contributed by atoms with E-state index in [2.05, 4.69) is 5.32 Å². The molecule has 2 heterocycles. The van der Waals surface area contributed by atoms with Gasteiger partial charge in [-0.25, -0.2) is 24.0 Å². The van der Waals surface area contributed by atoms with Crippen LogP contribution >= 0.6 is 0 Å². The standard InChI is InChI=1S/C35H51N3O10/c1-33(2,3)27(28(39)40)36-30(42)46-21-35(7,8)16-11-10-13-22-14-12-15-23-18-37(20-25(22)23)31(43)47-24-17-26(29(41)45-9)38(19-24)32(44)48-34(4,5)6/h10,12-15,24,26-27H,11,16-21H2,1-9H3,(H,36,42)(H,39,40)/b13-10+/t24-,26+,27-/m1/s1. The van der Waals surface area contributed by atoms with E-state index in [1.807, 2.05) is 44.2 Å². The molecular formula is C35H51N3O10. The van der Waals surface area contributed by atoms with Gasteiger partial charge in [0.15, 0.2) is 0 Å². The number of allylic oxidation sites excluding steroid dienone is 1. The van der Waals surface area contributed by atoms with Crippen molar-refractivity contribution in [3.63, 3.8) is 0 Å². The van der Waals surface area contributed by atoms with Crippen molar-refractivity contribution in [2.75, 3.05) is 20.3 Å². The number of benzene rings is 1. The van der Waals surface area contributed by atoms with E-state index in [4.69, 9.17) is 18.9 Å². The van der Waals surface area contributed by atoms with Crippen molar-refractivity contribution in [3.8, 4) is 0 Å². The van der Waals surface area contributed by atoms with Crippen molar-refractivity contribution in [3.05, 3.63) is 41.0 Å². The number of carbonyl (C=O) groups excluding carboxylic acids is 4. The van der Waals surface area contributed by atoms with Gasteiger partial charge >= 0.3 is 30.2 Å². The number of aliphatic carboxylic acids is 1. The number of carboxylic acids is 1. The van der Waals surface area contributed by atoms with Gasteiger partial charge in [0.1, 0.15) is 23.8 Å². The van der Waals surface area contributed by atoms with Gasteiger partial charge in [0.25, 0.3) is 0 Å². The number of amides is 3. The summed E-state index contributed by atoms with van der Waals surface area (Å²) in [7, 11) is 1.24. The summed E-state index contributed by atoms with van der Waals surface area (Å²) < 4.78 is 21.5. The topological polar surface area (TPSA) is 161 Å². The van der Waals surface area contributed by atoms with E-state index in [-0.39, 0.29) is 25.0 Å². The number of hydrogen-bond acceptors (Lipinski definition) is 9. The first-order valence-corrected chi connectivity index (χ1v) is 16.2. The molecule has 266 valence electrons. The van der Waals surface area contributed by atoms with Crippen LogP contribution in [-0.2, 0) is 41.6 Å². The third kappa shape index (κ3) is 10.6. The zero-order chi connectivity index (χ0) is 36.0. The van der Waals surface area contributed by atoms with Gasteiger partial charge in [0.05, 0.1) is 26.8 Å². The highest BCUT2D eigenvalue weighted by molar-refractivity contribution is 5.83. The van der Waals surface area contributed by atoms with Gasteiger partial charge in [-0.05, 0) is 61.1 Å². The zero-order valence-corrected chi connectivity index (χ0v) is 29.6. The van der Waals surface area contributed by atoms with E-state index in [0.717, 1.165) is 16.7 Å². The Balaban J connectivity index is 1.54. The van der Waals surface area contributed by atoms with Crippen molar-refractivity contribution in [2.45, 2.75) is 112 Å². The number of rotatable bonds is 10. The number of methoxy groups -OCH3 is 1. The number of nitrogens with zero attached hydrogens (tertiary/aromatic N) is 2. The minimum Gasteiger partial charge on any atom is -0.480 e. The summed E-state index contributed by atoms with van der Waals surface area (Å²) in [6.45, 7) is 15.2. The van der Waals surface area contributed by atoms with Gasteiger partial charge in [-0.1, -0.05) is 65.0 Å². The lowest BCUT2D eigenvalue weighted by Gasteiger charge is -2.28. The maximum absolute atomic E-state index is 13.2. The molecule has 0 aliphatic carbocycles. The highest BCUT2D eigenvalue weighted by Crippen LogP contribution is 2.30. The first-order chi connectivity index (χ1) is 22.2. The molecule has 0 bridgehead atoms. The Morgan fingerprint density at radius 1 is 1.02 bits per heavy atom. The SMILES string of the molecule is COC(=O)[C@@H]1C[C@@H](OC(=O)N2Cc3cccc(/C=C/CCC(C)(C)COC(=O)N[C@H](C(=O)O)C(C)(C)C)c3C2)CN1C(=O)OC(C)(C)C. The number of nitrogens with one attached hydrogen (secondary N) is 1. The van der Waals surface area contributed by atoms with Gasteiger partial charge in [-0.15, -0.1) is 0 Å². The molecule has 2 aliphatic rings. The van der Waals surface area contributed by atoms with Crippen molar-refractivity contribution in [1.82, 2.24) is 15.1 Å². The monoisotopic (exact) mass is 673 g/mol. The quantitative estimate of drug-likeness (QED) is 0.232. The molecule has 0 radical (unpaired) electrons. The summed E-state index contributed by atoms with van der Waals surface area (Å²) in [5, 5.41) is 11.9. The van der Waals surface area contributed by atoms with Gasteiger partial charge in [-0.2, -0.15) is 0 Å². The lowest BCUT2D eigenvalue weighted by atomic mass is 9.87. The second-order valence-electron chi connectivity index (χ2n) is 15.2. The smallest absolute Gasteiger partial charge is 0.411 e. The van der Waals surface area contributed by atoms with Crippen molar-refractivity contribution in [2.24, 2.45) is 10.8 Å². The molecule has 13 heteroatoms. The van der Waals surface area contributed by atoms with Gasteiger partial charge in [0.2, 0.25) is 0 Å². The minimum absolute atomic E-state index is 0.0149. The molecule has 0 saturated carbocycles. The van der Waals surface area contributed by atoms with Gasteiger partial charge in [-0.3, -0.25) is 9.80 Å². The molecule has 13 nitrogen and oxygen atoms in total. The van der Waals surface area contributed by atoms with Crippen LogP contribution in [0.3, 0.4) is 0 Å². The third-order valence-corrected chi connectivity index (χ3v) is 8.16. The Bertz CT molecular complexity index is 1390. The highest BCUT2D eigenvalue weighted by Gasteiger charge is 2.44. The van der Waals surface area contributed by atoms with E-state index >= 15 is 0 Å². The highest BCUT2D eigenvalue weighted by atomic mass is 16.6. The van der Waals surface area contributed by atoms with Crippen LogP contribution in [0.25, 0.3) is 6.08 Å². The first-order valence-electron chi connectivity index (χ1n) is 16.2. The molecule has 2 aliphatic heterocycles. The van der Waals surface area contributed by atoms with Crippen molar-refractivity contribution in [1.29, 1.82) is 0 Å². The lowest BCUT2D eigenvalue weighted by Crippen LogP contribution is -2.49. The van der Waals surface area contributed by atoms with Crippen LogP contribution in [0.2, 0.25) is 0 Å². The summed E-state index contributed by atoms with van der Waals surface area (Å²) in [6.07, 6.45) is 2.89. The minimum atomic E-state index is -1.12. The molecule has 3 rings (SSSR count). The molecule has 48 heavy (non-hydrogen) atoms. The third-order valence-electron chi connectivity index (χ3n) is 8.16. The van der Waals surface area contributed by atoms with Crippen LogP contribution in [0.5, 0.6) is 0 Å². The summed E-state index contributed by atoms with van der Waals surface area (Å²) in [4.78, 5) is 65.1. The summed E-state index contributed by atoms with van der Waals surface area (Å²) >= 11 is 0. The Labute approximate surface area is 282 Å². The number of ether oxygens (including phenoxy) is 4. The maximum Gasteiger partial charge on any atom is 0.411 e. The van der Waals surface area contributed by atoms with Crippen LogP contribution in [-0.4, -0.2) is 89.2 Å². The number of carboxylic acid groups (broad SMARTS) is 1. The number of alkyl carbamates (subject to hydrolysis) is 1. The number of esters is 1. The Hall–Kier alpha value is -4.29. The Morgan fingerprint density at radius 3 is 2.31 bits per heavy atom. The second kappa shape index (κ2) is 15.3. The molecule has 1 saturated heterocycles. The van der Waals surface area contributed by atoms with E-state index in [1.165, 1.54) is 12.0 Å². The van der Waals surface area contributed by atoms with Crippen LogP contribution in [0.4, 0.5) is 14.4 Å². The van der Waals surface area contributed by atoms with Crippen molar-refractivity contribution < 1.29 is 48.0 Å². The lowest BCUT2D eigenvalue weighted by molar-refractivity contribution is -0.145. The molecular weight excluding hydrogens is 622 g/mol. The fourth-order valence-electron chi connectivity index (χ4n) is 5.54. The van der Waals surface area contributed by atoms with Gasteiger partial charge < -0.3 is 29.4 Å². The molecule has 0 aromatic heterocycles. The van der Waals surface area contributed by atoms with Crippen LogP contribution < -0.4 is 5.32 Å². The number of hydrogen-bond donors (Lipinski definition) is 2. The predicted octanol–water partition coefficient (Wildman–Crippen LogP) is 5.73. The maximum atomic E-state index is 13.2. The molecule has 0 spiro atoms. The Morgan fingerprint density at radius 2 is 1.71 bits per heavy atom. The fourth-order valence-corrected chi connectivity index (χ4v) is 5.54. The molecule has 2 N–H and O–H groups in total. The number of fused-ring (bicyclic) bond motifs is 1. The Kier molecular flexibility index (Phi) is 12.2. The normalized spacial score (nSPS) is 18.7. The zero-order valence-electron chi connectivity index (χ0n) is 29.6. The average molecular weight is 674 g/mol. The van der Waals surface area contributed by atoms with Crippen LogP contribution in [0.15, 0.2) is 24.3 Å². The fraction of sp³-hybridized carbons (Fsp3) is 0.629. The van der Waals surface area contributed by atoms with E-state index < -0.39 is 59.4 Å². The largest absolute Gasteiger partial charge is 0.480 e.